The molecule has 4 fully saturated rings. The second-order valence-corrected chi connectivity index (χ2v) is 14.1. The van der Waals surface area contributed by atoms with E-state index in [4.69, 9.17) is 4.18 Å². The third-order valence-electron chi connectivity index (χ3n) is 10.9. The molecule has 186 valence electrons. The first-order valence-corrected chi connectivity index (χ1v) is 14.6. The number of ketones is 1. The van der Waals surface area contributed by atoms with Crippen LogP contribution in [0.4, 0.5) is 0 Å². The topological polar surface area (TPSA) is 84.2 Å². The normalized spacial score (nSPS) is 44.1. The molecule has 0 N–H and O–H groups in total. The van der Waals surface area contributed by atoms with Gasteiger partial charge in [0.1, 0.15) is 0 Å². The van der Waals surface area contributed by atoms with Crippen molar-refractivity contribution in [3.63, 3.8) is 0 Å². The Bertz CT molecular complexity index is 1240. The molecule has 0 radical (unpaired) electrons. The van der Waals surface area contributed by atoms with Gasteiger partial charge in [-0.1, -0.05) is 37.1 Å². The van der Waals surface area contributed by atoms with Gasteiger partial charge in [0.2, 0.25) is 0 Å². The Morgan fingerprint density at radius 2 is 1.80 bits per heavy atom. The van der Waals surface area contributed by atoms with Gasteiger partial charge in [-0.3, -0.25) is 8.98 Å². The average Bonchev–Trinajstić information content (AvgIpc) is 3.09. The smallest absolute Gasteiger partial charge is 0.295 e. The highest BCUT2D eigenvalue weighted by Gasteiger charge is 2.65. The summed E-state index contributed by atoms with van der Waals surface area (Å²) in [4.78, 5) is 12.8. The summed E-state index contributed by atoms with van der Waals surface area (Å²) >= 11 is 0. The van der Waals surface area contributed by atoms with Gasteiger partial charge in [-0.05, 0) is 98.2 Å². The van der Waals surface area contributed by atoms with E-state index in [9.17, 15) is 18.5 Å². The minimum Gasteiger partial charge on any atom is -0.295 e. The van der Waals surface area contributed by atoms with E-state index in [1.165, 1.54) is 0 Å². The number of benzene rings is 1. The monoisotopic (exact) mass is 493 g/mol. The molecule has 1 aromatic carbocycles. The molecule has 0 heterocycles. The van der Waals surface area contributed by atoms with Crippen LogP contribution in [-0.4, -0.2) is 20.3 Å². The number of hydrogen-bond acceptors (Lipinski definition) is 5. The van der Waals surface area contributed by atoms with Crippen molar-refractivity contribution in [2.75, 3.05) is 0 Å². The maximum absolute atomic E-state index is 13.5. The highest BCUT2D eigenvalue weighted by atomic mass is 32.2. The Labute approximate surface area is 209 Å². The van der Waals surface area contributed by atoms with Crippen LogP contribution in [0.5, 0.6) is 0 Å². The predicted molar refractivity (Wildman–Crippen MR) is 131 cm³/mol. The van der Waals surface area contributed by atoms with Gasteiger partial charge in [-0.25, -0.2) is 0 Å². The number of fused-ring (bicyclic) bond motifs is 5. The van der Waals surface area contributed by atoms with Gasteiger partial charge in [0.15, 0.2) is 5.78 Å². The lowest BCUT2D eigenvalue weighted by atomic mass is 9.44. The molecule has 6 rings (SSSR count). The summed E-state index contributed by atoms with van der Waals surface area (Å²) in [6.45, 7) is 6.56. The van der Waals surface area contributed by atoms with E-state index in [1.54, 1.807) is 24.3 Å². The third kappa shape index (κ3) is 3.34. The number of rotatable bonds is 3. The van der Waals surface area contributed by atoms with Gasteiger partial charge in [0.25, 0.3) is 10.1 Å². The Morgan fingerprint density at radius 3 is 2.51 bits per heavy atom. The fraction of sp³-hybridized carbons (Fsp3) is 0.655. The Morgan fingerprint density at radius 1 is 1.06 bits per heavy atom. The van der Waals surface area contributed by atoms with Crippen LogP contribution in [0.3, 0.4) is 0 Å². The molecular weight excluding hydrogens is 458 g/mol. The van der Waals surface area contributed by atoms with Crippen molar-refractivity contribution in [3.05, 3.63) is 41.5 Å². The fourth-order valence-corrected chi connectivity index (χ4v) is 10.3. The summed E-state index contributed by atoms with van der Waals surface area (Å²) < 4.78 is 33.1. The number of nitrogens with zero attached hydrogens (tertiary/aromatic N) is 1. The van der Waals surface area contributed by atoms with Gasteiger partial charge in [0.05, 0.1) is 23.0 Å². The van der Waals surface area contributed by atoms with Crippen molar-refractivity contribution in [3.8, 4) is 6.07 Å². The third-order valence-corrected chi connectivity index (χ3v) is 12.3. The molecule has 9 atom stereocenters. The molecule has 5 aliphatic carbocycles. The van der Waals surface area contributed by atoms with Crippen molar-refractivity contribution >= 4 is 15.9 Å². The number of carbonyl (C=O) groups excluding carboxylic acids is 1. The zero-order chi connectivity index (χ0) is 24.8. The summed E-state index contributed by atoms with van der Waals surface area (Å²) in [7, 11) is -3.98. The Balaban J connectivity index is 1.47. The standard InChI is InChI=1S/C29H35NO4S/c1-17-4-6-20(7-5-17)35(32,33)34-27-13-18-12-24-21-15-22(27)25-14-19(31)8-10-28(25,2)23(21)9-11-29(24,3)26(18)16-30/h4-7,14,18,21-24,26-27H,8-13,15H2,1-3H3/t18-,21?,22-,23+,24?,26+,27?,28-,29+/m1/s1. The molecular formula is C29H35NO4S. The van der Waals surface area contributed by atoms with Gasteiger partial charge in [-0.2, -0.15) is 13.7 Å². The number of aryl methyl sites for hydroxylation is 1. The number of carbonyl (C=O) groups is 1. The number of nitriles is 1. The van der Waals surface area contributed by atoms with Crippen LogP contribution >= 0.6 is 0 Å². The van der Waals surface area contributed by atoms with Crippen LogP contribution in [0.2, 0.25) is 0 Å². The van der Waals surface area contributed by atoms with Crippen molar-refractivity contribution in [1.82, 2.24) is 0 Å². The van der Waals surface area contributed by atoms with E-state index in [0.717, 1.165) is 43.2 Å². The molecule has 5 aliphatic rings. The molecule has 6 heteroatoms. The van der Waals surface area contributed by atoms with Gasteiger partial charge in [0, 0.05) is 12.3 Å². The maximum atomic E-state index is 13.5. The van der Waals surface area contributed by atoms with E-state index >= 15 is 0 Å². The highest BCUT2D eigenvalue weighted by molar-refractivity contribution is 7.86. The SMILES string of the molecule is Cc1ccc(S(=O)(=O)OC2C[C@H]3CC4C5C[C@@H]2C2=CC(=O)CC[C@]2(C)[C@H]5CC[C@]4(C)[C@H]3C#N)cc1. The Hall–Kier alpha value is -1.97. The first-order valence-electron chi connectivity index (χ1n) is 13.2. The highest BCUT2D eigenvalue weighted by Crippen LogP contribution is 2.70. The van der Waals surface area contributed by atoms with Gasteiger partial charge in [-0.15, -0.1) is 0 Å². The van der Waals surface area contributed by atoms with E-state index in [1.807, 2.05) is 13.0 Å². The summed E-state index contributed by atoms with van der Waals surface area (Å²) in [6, 6.07) is 9.45. The van der Waals surface area contributed by atoms with Crippen LogP contribution in [0.1, 0.15) is 64.4 Å². The molecule has 5 nitrogen and oxygen atoms in total. The molecule has 0 saturated heterocycles. The molecule has 0 aliphatic heterocycles. The van der Waals surface area contributed by atoms with Gasteiger partial charge < -0.3 is 0 Å². The largest absolute Gasteiger partial charge is 0.297 e. The zero-order valence-electron chi connectivity index (χ0n) is 20.9. The first-order chi connectivity index (χ1) is 16.6. The van der Waals surface area contributed by atoms with Crippen LogP contribution in [-0.2, 0) is 19.1 Å². The molecule has 0 aromatic heterocycles. The molecule has 35 heavy (non-hydrogen) atoms. The zero-order valence-corrected chi connectivity index (χ0v) is 21.7. The lowest BCUT2D eigenvalue weighted by Crippen LogP contribution is -2.54. The molecule has 1 aromatic rings. The molecule has 4 saturated carbocycles. The second kappa shape index (κ2) is 7.76. The summed E-state index contributed by atoms with van der Waals surface area (Å²) in [6.07, 6.45) is 7.23. The lowest BCUT2D eigenvalue weighted by molar-refractivity contribution is -0.118. The van der Waals surface area contributed by atoms with Crippen LogP contribution < -0.4 is 0 Å². The molecule has 0 amide bonds. The maximum Gasteiger partial charge on any atom is 0.297 e. The summed E-state index contributed by atoms with van der Waals surface area (Å²) in [5.74, 6) is 1.52. The van der Waals surface area contributed by atoms with E-state index in [2.05, 4.69) is 19.9 Å². The van der Waals surface area contributed by atoms with E-state index in [-0.39, 0.29) is 39.3 Å². The van der Waals surface area contributed by atoms with Crippen molar-refractivity contribution in [1.29, 1.82) is 5.26 Å². The molecule has 3 unspecified atom stereocenters. The van der Waals surface area contributed by atoms with Crippen LogP contribution in [0.25, 0.3) is 0 Å². The number of hydrogen-bond donors (Lipinski definition) is 0. The second-order valence-electron chi connectivity index (χ2n) is 12.5. The van der Waals surface area contributed by atoms with Crippen LogP contribution in [0, 0.1) is 64.6 Å². The Kier molecular flexibility index (Phi) is 5.20. The summed E-state index contributed by atoms with van der Waals surface area (Å²) in [5, 5.41) is 10.3. The van der Waals surface area contributed by atoms with Crippen molar-refractivity contribution in [2.24, 2.45) is 46.3 Å². The van der Waals surface area contributed by atoms with Crippen molar-refractivity contribution < 1.29 is 17.4 Å². The quantitative estimate of drug-likeness (QED) is 0.512. The average molecular weight is 494 g/mol. The van der Waals surface area contributed by atoms with E-state index < -0.39 is 16.2 Å². The molecule has 4 bridgehead atoms. The van der Waals surface area contributed by atoms with Gasteiger partial charge >= 0.3 is 0 Å². The predicted octanol–water partition coefficient (Wildman–Crippen LogP) is 5.60. The lowest BCUT2D eigenvalue weighted by Gasteiger charge is -2.60. The van der Waals surface area contributed by atoms with Crippen LogP contribution in [0.15, 0.2) is 40.8 Å². The minimum atomic E-state index is -3.98. The first kappa shape index (κ1) is 23.4. The van der Waals surface area contributed by atoms with E-state index in [0.29, 0.717) is 30.6 Å². The minimum absolute atomic E-state index is 0.0160. The molecule has 0 spiro atoms. The van der Waals surface area contributed by atoms with Crippen molar-refractivity contribution in [2.45, 2.75) is 76.7 Å². The summed E-state index contributed by atoms with van der Waals surface area (Å²) in [5.41, 5.74) is 2.00. The fourth-order valence-electron chi connectivity index (χ4n) is 9.20.